The number of hydrogen-bond donors (Lipinski definition) is 3. The zero-order chi connectivity index (χ0) is 14.1. The predicted molar refractivity (Wildman–Crippen MR) is 66.9 cm³/mol. The maximum absolute atomic E-state index is 11.5. The smallest absolute Gasteiger partial charge is 0.326 e. The van der Waals surface area contributed by atoms with Gasteiger partial charge < -0.3 is 15.7 Å². The van der Waals surface area contributed by atoms with Crippen molar-refractivity contribution in [2.24, 2.45) is 5.92 Å². The van der Waals surface area contributed by atoms with Crippen molar-refractivity contribution >= 4 is 17.8 Å². The first kappa shape index (κ1) is 16.4. The van der Waals surface area contributed by atoms with Crippen molar-refractivity contribution in [1.29, 1.82) is 0 Å². The van der Waals surface area contributed by atoms with E-state index in [1.54, 1.807) is 13.8 Å². The molecule has 3 N–H and O–H groups in total. The molecular weight excluding hydrogens is 236 g/mol. The summed E-state index contributed by atoms with van der Waals surface area (Å²) in [6.45, 7) is 5.85. The summed E-state index contributed by atoms with van der Waals surface area (Å²) in [6, 6.07) is -0.873. The molecule has 0 aromatic rings. The number of carboxylic acid groups (broad SMARTS) is 1. The number of carbonyl (C=O) groups is 3. The van der Waals surface area contributed by atoms with Crippen LogP contribution < -0.4 is 10.6 Å². The molecule has 0 radical (unpaired) electrons. The van der Waals surface area contributed by atoms with Gasteiger partial charge in [-0.2, -0.15) is 0 Å². The lowest BCUT2D eigenvalue weighted by Crippen LogP contribution is -2.44. The monoisotopic (exact) mass is 258 g/mol. The Kier molecular flexibility index (Phi) is 7.74. The van der Waals surface area contributed by atoms with Crippen molar-refractivity contribution in [3.05, 3.63) is 0 Å². The SMILES string of the molecule is CCNC(=O)CCCC(=O)N[C@@H](C(=O)O)C(C)C. The van der Waals surface area contributed by atoms with Gasteiger partial charge >= 0.3 is 5.97 Å². The van der Waals surface area contributed by atoms with E-state index in [1.165, 1.54) is 0 Å². The van der Waals surface area contributed by atoms with Crippen LogP contribution in [0.3, 0.4) is 0 Å². The van der Waals surface area contributed by atoms with Gasteiger partial charge in [0, 0.05) is 19.4 Å². The average molecular weight is 258 g/mol. The molecule has 1 atom stereocenters. The molecule has 0 spiro atoms. The lowest BCUT2D eigenvalue weighted by molar-refractivity contribution is -0.143. The second-order valence-electron chi connectivity index (χ2n) is 4.43. The molecule has 0 heterocycles. The maximum Gasteiger partial charge on any atom is 0.326 e. The lowest BCUT2D eigenvalue weighted by Gasteiger charge is -2.17. The van der Waals surface area contributed by atoms with Gasteiger partial charge in [0.25, 0.3) is 0 Å². The van der Waals surface area contributed by atoms with Crippen LogP contribution in [0.15, 0.2) is 0 Å². The highest BCUT2D eigenvalue weighted by molar-refractivity contribution is 5.84. The number of carbonyl (C=O) groups excluding carboxylic acids is 2. The Morgan fingerprint density at radius 1 is 1.11 bits per heavy atom. The van der Waals surface area contributed by atoms with Gasteiger partial charge in [-0.3, -0.25) is 9.59 Å². The molecule has 0 bridgehead atoms. The fourth-order valence-electron chi connectivity index (χ4n) is 1.45. The molecule has 0 saturated carbocycles. The molecule has 0 aromatic heterocycles. The third-order valence-corrected chi connectivity index (χ3v) is 2.43. The topological polar surface area (TPSA) is 95.5 Å². The van der Waals surface area contributed by atoms with E-state index in [4.69, 9.17) is 5.11 Å². The molecule has 0 unspecified atom stereocenters. The van der Waals surface area contributed by atoms with Crippen molar-refractivity contribution in [2.75, 3.05) is 6.54 Å². The second kappa shape index (κ2) is 8.49. The molecule has 2 amide bonds. The van der Waals surface area contributed by atoms with Gasteiger partial charge in [-0.15, -0.1) is 0 Å². The Hall–Kier alpha value is -1.59. The molecular formula is C12H22N2O4. The Balaban J connectivity index is 3.96. The molecule has 0 rings (SSSR count). The summed E-state index contributed by atoms with van der Waals surface area (Å²) < 4.78 is 0. The van der Waals surface area contributed by atoms with Gasteiger partial charge in [0.15, 0.2) is 0 Å². The Labute approximate surface area is 107 Å². The van der Waals surface area contributed by atoms with Gasteiger partial charge in [-0.1, -0.05) is 13.8 Å². The van der Waals surface area contributed by atoms with Crippen molar-refractivity contribution < 1.29 is 19.5 Å². The molecule has 0 aliphatic heterocycles. The van der Waals surface area contributed by atoms with Crippen molar-refractivity contribution in [1.82, 2.24) is 10.6 Å². The Morgan fingerprint density at radius 3 is 2.11 bits per heavy atom. The number of rotatable bonds is 8. The first-order valence-corrected chi connectivity index (χ1v) is 6.17. The van der Waals surface area contributed by atoms with Crippen molar-refractivity contribution in [2.45, 2.75) is 46.1 Å². The maximum atomic E-state index is 11.5. The summed E-state index contributed by atoms with van der Waals surface area (Å²) in [4.78, 5) is 33.5. The fraction of sp³-hybridized carbons (Fsp3) is 0.750. The largest absolute Gasteiger partial charge is 0.480 e. The molecule has 6 nitrogen and oxygen atoms in total. The van der Waals surface area contributed by atoms with Crippen LogP contribution in [0.4, 0.5) is 0 Å². The summed E-state index contributed by atoms with van der Waals surface area (Å²) in [5.74, 6) is -1.64. The van der Waals surface area contributed by atoms with Gasteiger partial charge in [-0.25, -0.2) is 4.79 Å². The number of hydrogen-bond acceptors (Lipinski definition) is 3. The van der Waals surface area contributed by atoms with Crippen LogP contribution in [0.5, 0.6) is 0 Å². The normalized spacial score (nSPS) is 12.0. The van der Waals surface area contributed by atoms with Crippen LogP contribution >= 0.6 is 0 Å². The molecule has 0 aromatic carbocycles. The zero-order valence-electron chi connectivity index (χ0n) is 11.2. The summed E-state index contributed by atoms with van der Waals surface area (Å²) >= 11 is 0. The lowest BCUT2D eigenvalue weighted by atomic mass is 10.0. The van der Waals surface area contributed by atoms with E-state index in [9.17, 15) is 14.4 Å². The van der Waals surface area contributed by atoms with E-state index in [1.807, 2.05) is 6.92 Å². The number of carboxylic acids is 1. The van der Waals surface area contributed by atoms with Gasteiger partial charge in [-0.05, 0) is 19.3 Å². The second-order valence-corrected chi connectivity index (χ2v) is 4.43. The van der Waals surface area contributed by atoms with Crippen LogP contribution in [-0.4, -0.2) is 35.5 Å². The van der Waals surface area contributed by atoms with Gasteiger partial charge in [0.05, 0.1) is 0 Å². The molecule has 0 fully saturated rings. The number of amides is 2. The Bertz CT molecular complexity index is 302. The summed E-state index contributed by atoms with van der Waals surface area (Å²) in [5, 5.41) is 14.0. The standard InChI is InChI=1S/C12H22N2O4/c1-4-13-9(15)6-5-7-10(16)14-11(8(2)3)12(17)18/h8,11H,4-7H2,1-3H3,(H,13,15)(H,14,16)(H,17,18)/t11-/m1/s1. The summed E-state index contributed by atoms with van der Waals surface area (Å²) in [7, 11) is 0. The zero-order valence-corrected chi connectivity index (χ0v) is 11.2. The van der Waals surface area contributed by atoms with E-state index < -0.39 is 12.0 Å². The first-order chi connectivity index (χ1) is 8.38. The molecule has 18 heavy (non-hydrogen) atoms. The van der Waals surface area contributed by atoms with Crippen LogP contribution in [-0.2, 0) is 14.4 Å². The molecule has 0 aliphatic rings. The van der Waals surface area contributed by atoms with E-state index in [0.29, 0.717) is 13.0 Å². The minimum absolute atomic E-state index is 0.0936. The van der Waals surface area contributed by atoms with E-state index in [2.05, 4.69) is 10.6 Å². The highest BCUT2D eigenvalue weighted by Crippen LogP contribution is 2.03. The highest BCUT2D eigenvalue weighted by atomic mass is 16.4. The van der Waals surface area contributed by atoms with Crippen molar-refractivity contribution in [3.63, 3.8) is 0 Å². The van der Waals surface area contributed by atoms with E-state index in [0.717, 1.165) is 0 Å². The summed E-state index contributed by atoms with van der Waals surface area (Å²) in [5.41, 5.74) is 0. The molecule has 104 valence electrons. The number of nitrogens with one attached hydrogen (secondary N) is 2. The van der Waals surface area contributed by atoms with Crippen molar-refractivity contribution in [3.8, 4) is 0 Å². The summed E-state index contributed by atoms with van der Waals surface area (Å²) in [6.07, 6.45) is 0.858. The molecule has 0 aliphatic carbocycles. The third kappa shape index (κ3) is 6.88. The Morgan fingerprint density at radius 2 is 1.67 bits per heavy atom. The quantitative estimate of drug-likeness (QED) is 0.591. The molecule has 0 saturated heterocycles. The molecule has 6 heteroatoms. The predicted octanol–water partition coefficient (Wildman–Crippen LogP) is 0.518. The van der Waals surface area contributed by atoms with Gasteiger partial charge in [0.2, 0.25) is 11.8 Å². The van der Waals surface area contributed by atoms with Crippen LogP contribution in [0.2, 0.25) is 0 Å². The van der Waals surface area contributed by atoms with Gasteiger partial charge in [0.1, 0.15) is 6.04 Å². The van der Waals surface area contributed by atoms with E-state index >= 15 is 0 Å². The first-order valence-electron chi connectivity index (χ1n) is 6.17. The van der Waals surface area contributed by atoms with Crippen LogP contribution in [0.25, 0.3) is 0 Å². The number of aliphatic carboxylic acids is 1. The van der Waals surface area contributed by atoms with Crippen LogP contribution in [0, 0.1) is 5.92 Å². The fourth-order valence-corrected chi connectivity index (χ4v) is 1.45. The van der Waals surface area contributed by atoms with Crippen LogP contribution in [0.1, 0.15) is 40.0 Å². The minimum Gasteiger partial charge on any atom is -0.480 e. The average Bonchev–Trinajstić information content (AvgIpc) is 2.25. The minimum atomic E-state index is -1.04. The highest BCUT2D eigenvalue weighted by Gasteiger charge is 2.22. The van der Waals surface area contributed by atoms with E-state index in [-0.39, 0.29) is 30.6 Å². The third-order valence-electron chi connectivity index (χ3n) is 2.43.